The van der Waals surface area contributed by atoms with Gasteiger partial charge in [-0.1, -0.05) is 101 Å². The average molecular weight is 417 g/mol. The number of fused-ring (bicyclic) bond motifs is 2. The summed E-state index contributed by atoms with van der Waals surface area (Å²) < 4.78 is 6.29. The zero-order valence-electron chi connectivity index (χ0n) is 18.8. The van der Waals surface area contributed by atoms with Crippen molar-refractivity contribution in [2.75, 3.05) is 0 Å². The SMILES string of the molecule is CC(C)c1cc(C(C)C)c(B2c3ccccc3Oc3c(Cl)cccc32)c(C(C)C)c1. The normalized spacial score (nSPS) is 12.9. The first-order valence-electron chi connectivity index (χ1n) is 11.0. The van der Waals surface area contributed by atoms with Gasteiger partial charge in [0.25, 0.3) is 6.71 Å². The van der Waals surface area contributed by atoms with Gasteiger partial charge in [0.15, 0.2) is 0 Å². The lowest BCUT2D eigenvalue weighted by Gasteiger charge is -2.32. The monoisotopic (exact) mass is 416 g/mol. The van der Waals surface area contributed by atoms with Crippen LogP contribution in [0.2, 0.25) is 5.02 Å². The third-order valence-electron chi connectivity index (χ3n) is 6.22. The Balaban J connectivity index is 2.09. The molecule has 154 valence electrons. The number of ether oxygens (including phenoxy) is 1. The summed E-state index contributed by atoms with van der Waals surface area (Å²) in [6, 6.07) is 19.4. The molecule has 1 aliphatic heterocycles. The maximum atomic E-state index is 6.61. The Morgan fingerprint density at radius 1 is 0.733 bits per heavy atom. The molecule has 1 heterocycles. The molecule has 30 heavy (non-hydrogen) atoms. The molecule has 1 nitrogen and oxygen atoms in total. The summed E-state index contributed by atoms with van der Waals surface area (Å²) in [5.74, 6) is 3.04. The van der Waals surface area contributed by atoms with Crippen LogP contribution in [0.25, 0.3) is 0 Å². The Morgan fingerprint density at radius 2 is 1.33 bits per heavy atom. The maximum absolute atomic E-state index is 6.61. The Bertz CT molecular complexity index is 1050. The van der Waals surface area contributed by atoms with Gasteiger partial charge in [0.05, 0.1) is 5.02 Å². The summed E-state index contributed by atoms with van der Waals surface area (Å²) >= 11 is 6.61. The lowest BCUT2D eigenvalue weighted by Crippen LogP contribution is -2.57. The van der Waals surface area contributed by atoms with Crippen molar-refractivity contribution in [2.24, 2.45) is 0 Å². The molecule has 0 saturated heterocycles. The number of rotatable bonds is 4. The number of hydrogen-bond acceptors (Lipinski definition) is 1. The van der Waals surface area contributed by atoms with Gasteiger partial charge in [0.2, 0.25) is 0 Å². The Labute approximate surface area is 186 Å². The molecule has 0 spiro atoms. The molecule has 0 radical (unpaired) electrons. The van der Waals surface area contributed by atoms with Gasteiger partial charge in [-0.25, -0.2) is 0 Å². The summed E-state index contributed by atoms with van der Waals surface area (Å²) in [5, 5.41) is 0.669. The van der Waals surface area contributed by atoms with Gasteiger partial charge in [-0.15, -0.1) is 0 Å². The molecule has 0 aliphatic carbocycles. The van der Waals surface area contributed by atoms with Gasteiger partial charge in [-0.05, 0) is 57.5 Å². The highest BCUT2D eigenvalue weighted by atomic mass is 35.5. The van der Waals surface area contributed by atoms with E-state index in [4.69, 9.17) is 16.3 Å². The smallest absolute Gasteiger partial charge is 0.251 e. The zero-order valence-corrected chi connectivity index (χ0v) is 19.5. The second-order valence-corrected chi connectivity index (χ2v) is 9.72. The first-order valence-corrected chi connectivity index (χ1v) is 11.4. The van der Waals surface area contributed by atoms with Crippen molar-refractivity contribution in [1.82, 2.24) is 0 Å². The van der Waals surface area contributed by atoms with E-state index >= 15 is 0 Å². The van der Waals surface area contributed by atoms with Gasteiger partial charge < -0.3 is 4.74 Å². The summed E-state index contributed by atoms with van der Waals surface area (Å²) in [7, 11) is 0. The van der Waals surface area contributed by atoms with E-state index in [1.54, 1.807) is 0 Å². The molecule has 3 aromatic carbocycles. The molecule has 0 N–H and O–H groups in total. The Kier molecular flexibility index (Phi) is 5.72. The van der Waals surface area contributed by atoms with E-state index in [1.807, 2.05) is 18.2 Å². The molecule has 0 aromatic heterocycles. The van der Waals surface area contributed by atoms with Gasteiger partial charge in [0.1, 0.15) is 11.5 Å². The van der Waals surface area contributed by atoms with Crippen LogP contribution in [-0.4, -0.2) is 6.71 Å². The Morgan fingerprint density at radius 3 is 1.93 bits per heavy atom. The molecular formula is C27H30BClO. The lowest BCUT2D eigenvalue weighted by molar-refractivity contribution is 0.487. The van der Waals surface area contributed by atoms with Crippen LogP contribution in [-0.2, 0) is 0 Å². The van der Waals surface area contributed by atoms with Crippen molar-refractivity contribution >= 4 is 34.7 Å². The molecule has 0 bridgehead atoms. The van der Waals surface area contributed by atoms with Crippen LogP contribution in [0.5, 0.6) is 11.5 Å². The summed E-state index contributed by atoms with van der Waals surface area (Å²) in [6.07, 6.45) is 0. The van der Waals surface area contributed by atoms with Gasteiger partial charge >= 0.3 is 0 Å². The highest BCUT2D eigenvalue weighted by Crippen LogP contribution is 2.33. The van der Waals surface area contributed by atoms with E-state index in [0.717, 1.165) is 17.0 Å². The first-order chi connectivity index (χ1) is 14.3. The molecule has 0 unspecified atom stereocenters. The Hall–Kier alpha value is -2.19. The lowest BCUT2D eigenvalue weighted by atomic mass is 9.34. The topological polar surface area (TPSA) is 9.23 Å². The van der Waals surface area contributed by atoms with Crippen LogP contribution in [0, 0.1) is 0 Å². The van der Waals surface area contributed by atoms with Crippen LogP contribution >= 0.6 is 11.6 Å². The van der Waals surface area contributed by atoms with Crippen molar-refractivity contribution in [3.05, 3.63) is 76.3 Å². The minimum absolute atomic E-state index is 0.111. The predicted molar refractivity (Wildman–Crippen MR) is 131 cm³/mol. The van der Waals surface area contributed by atoms with Crippen molar-refractivity contribution in [1.29, 1.82) is 0 Å². The quantitative estimate of drug-likeness (QED) is 0.353. The third-order valence-corrected chi connectivity index (χ3v) is 6.51. The average Bonchev–Trinajstić information content (AvgIpc) is 2.71. The highest BCUT2D eigenvalue weighted by Gasteiger charge is 2.37. The standard InChI is InChI=1S/C27H30BClO/c1-16(2)19-14-20(17(3)4)26(21(15-19)18(5)6)28-22-10-7-8-13-25(22)30-27-23(28)11-9-12-24(27)29/h7-18H,1-6H3. The zero-order chi connectivity index (χ0) is 21.6. The molecular weight excluding hydrogens is 387 g/mol. The fourth-order valence-electron chi connectivity index (χ4n) is 4.61. The number of halogens is 1. The highest BCUT2D eigenvalue weighted by molar-refractivity contribution is 6.97. The number of benzene rings is 3. The molecule has 1 aliphatic rings. The molecule has 0 atom stereocenters. The molecule has 3 heteroatoms. The molecule has 0 fully saturated rings. The third kappa shape index (κ3) is 3.56. The van der Waals surface area contributed by atoms with Crippen LogP contribution in [0.15, 0.2) is 54.6 Å². The first kappa shape index (κ1) is 21.1. The molecule has 4 rings (SSSR count). The van der Waals surface area contributed by atoms with Crippen LogP contribution in [0.3, 0.4) is 0 Å². The van der Waals surface area contributed by atoms with E-state index in [-0.39, 0.29) is 6.71 Å². The number of hydrogen-bond donors (Lipinski definition) is 0. The van der Waals surface area contributed by atoms with Crippen molar-refractivity contribution in [3.63, 3.8) is 0 Å². The maximum Gasteiger partial charge on any atom is 0.251 e. The van der Waals surface area contributed by atoms with Crippen molar-refractivity contribution in [2.45, 2.75) is 59.3 Å². The summed E-state index contributed by atoms with van der Waals surface area (Å²) in [4.78, 5) is 0. The van der Waals surface area contributed by atoms with E-state index in [9.17, 15) is 0 Å². The van der Waals surface area contributed by atoms with E-state index < -0.39 is 0 Å². The molecule has 0 saturated carbocycles. The van der Waals surface area contributed by atoms with Gasteiger partial charge in [-0.2, -0.15) is 0 Å². The van der Waals surface area contributed by atoms with Crippen LogP contribution < -0.4 is 21.1 Å². The predicted octanol–water partition coefficient (Wildman–Crippen LogP) is 6.33. The largest absolute Gasteiger partial charge is 0.457 e. The van der Waals surface area contributed by atoms with Crippen molar-refractivity contribution in [3.8, 4) is 11.5 Å². The van der Waals surface area contributed by atoms with E-state index in [0.29, 0.717) is 22.8 Å². The summed E-state index contributed by atoms with van der Waals surface area (Å²) in [6.45, 7) is 13.9. The minimum Gasteiger partial charge on any atom is -0.457 e. The molecule has 3 aromatic rings. The van der Waals surface area contributed by atoms with Crippen molar-refractivity contribution < 1.29 is 4.74 Å². The summed E-state index contributed by atoms with van der Waals surface area (Å²) in [5.41, 5.74) is 8.06. The van der Waals surface area contributed by atoms with E-state index in [1.165, 1.54) is 27.6 Å². The van der Waals surface area contributed by atoms with Crippen LogP contribution in [0.1, 0.15) is 76.0 Å². The van der Waals surface area contributed by atoms with Crippen LogP contribution in [0.4, 0.5) is 0 Å². The fraction of sp³-hybridized carbons (Fsp3) is 0.333. The fourth-order valence-corrected chi connectivity index (χ4v) is 4.83. The minimum atomic E-state index is 0.111. The number of para-hydroxylation sites is 2. The van der Waals surface area contributed by atoms with Gasteiger partial charge in [-0.3, -0.25) is 0 Å². The second kappa shape index (κ2) is 8.15. The molecule has 0 amide bonds. The van der Waals surface area contributed by atoms with Gasteiger partial charge in [0, 0.05) is 0 Å². The second-order valence-electron chi connectivity index (χ2n) is 9.31. The van der Waals surface area contributed by atoms with E-state index in [2.05, 4.69) is 77.9 Å².